The van der Waals surface area contributed by atoms with Crippen molar-refractivity contribution < 1.29 is 16.8 Å². The van der Waals surface area contributed by atoms with E-state index in [9.17, 15) is 0 Å². The van der Waals surface area contributed by atoms with Gasteiger partial charge in [-0.25, -0.2) is 0 Å². The summed E-state index contributed by atoms with van der Waals surface area (Å²) >= 11 is 15.1. The molecule has 0 aromatic heterocycles. The maximum absolute atomic E-state index is 7.54. The van der Waals surface area contributed by atoms with Crippen LogP contribution in [0.4, 0.5) is 0 Å². The molecule has 0 aliphatic carbocycles. The molecule has 0 aliphatic rings. The van der Waals surface area contributed by atoms with E-state index in [4.69, 9.17) is 22.5 Å². The van der Waals surface area contributed by atoms with Crippen molar-refractivity contribution in [1.29, 1.82) is 0 Å². The number of hydrogen-bond acceptors (Lipinski definition) is 0. The van der Waals surface area contributed by atoms with Gasteiger partial charge in [-0.15, -0.1) is 0 Å². The van der Waals surface area contributed by atoms with Crippen LogP contribution < -0.4 is 21.2 Å². The molecule has 0 fully saturated rings. The summed E-state index contributed by atoms with van der Waals surface area (Å²) in [4.78, 5) is 0. The average molecular weight is 528 g/mol. The summed E-state index contributed by atoms with van der Waals surface area (Å²) in [7, 11) is 0. The van der Waals surface area contributed by atoms with Crippen molar-refractivity contribution in [3.8, 4) is 0 Å². The number of rotatable bonds is 7. The molecule has 4 aromatic rings. The van der Waals surface area contributed by atoms with Crippen LogP contribution in [0, 0.1) is 0 Å². The van der Waals surface area contributed by atoms with Gasteiger partial charge in [0.25, 0.3) is 0 Å². The van der Waals surface area contributed by atoms with Crippen LogP contribution in [0.1, 0.15) is 0 Å². The summed E-state index contributed by atoms with van der Waals surface area (Å²) < 4.78 is 0. The Kier molecular flexibility index (Phi) is 8.77. The van der Waals surface area contributed by atoms with E-state index in [-0.39, 0.29) is 16.8 Å². The van der Waals surface area contributed by atoms with Gasteiger partial charge in [0.1, 0.15) is 33.5 Å². The fourth-order valence-corrected chi connectivity index (χ4v) is 12.9. The van der Waals surface area contributed by atoms with Crippen LogP contribution in [-0.2, 0) is 16.8 Å². The standard InChI is InChI=1S/C26H24Cl2P2.Co/c27-29(23-13-5-1-6-14-23,24-15-7-2-8-16-24)21-22-30(28,25-17-9-3-10-18-25)26-19-11-4-12-20-26;/h1-20H,21-22H2;/q+2;. The van der Waals surface area contributed by atoms with E-state index >= 15 is 0 Å². The Morgan fingerprint density at radius 1 is 0.387 bits per heavy atom. The maximum Gasteiger partial charge on any atom is 0.181 e. The molecule has 31 heavy (non-hydrogen) atoms. The van der Waals surface area contributed by atoms with Crippen molar-refractivity contribution in [3.05, 3.63) is 121 Å². The first-order valence-electron chi connectivity index (χ1n) is 10.0. The van der Waals surface area contributed by atoms with Crippen molar-refractivity contribution in [2.24, 2.45) is 0 Å². The molecular weight excluding hydrogens is 504 g/mol. The minimum absolute atomic E-state index is 0. The largest absolute Gasteiger partial charge is 0.181 e. The van der Waals surface area contributed by atoms with E-state index in [2.05, 4.69) is 97.1 Å². The molecule has 1 radical (unpaired) electrons. The molecular formula is C26H24Cl2CoP2+2. The summed E-state index contributed by atoms with van der Waals surface area (Å²) in [5, 5.41) is 4.84. The zero-order chi connectivity index (χ0) is 20.9. The van der Waals surface area contributed by atoms with Gasteiger partial charge in [0.2, 0.25) is 0 Å². The quantitative estimate of drug-likeness (QED) is 0.237. The molecule has 0 aliphatic heterocycles. The Morgan fingerprint density at radius 2 is 0.581 bits per heavy atom. The Morgan fingerprint density at radius 3 is 0.774 bits per heavy atom. The number of halogens is 2. The van der Waals surface area contributed by atoms with Crippen LogP contribution in [0.3, 0.4) is 0 Å². The first-order chi connectivity index (χ1) is 14.6. The molecule has 0 bridgehead atoms. The van der Waals surface area contributed by atoms with Gasteiger partial charge in [0, 0.05) is 16.8 Å². The third kappa shape index (κ3) is 5.43. The van der Waals surface area contributed by atoms with E-state index in [1.54, 1.807) is 0 Å². The first-order valence-corrected chi connectivity index (χ1v) is 15.8. The third-order valence-corrected chi connectivity index (χ3v) is 15.2. The van der Waals surface area contributed by atoms with Crippen molar-refractivity contribution in [2.75, 3.05) is 12.3 Å². The van der Waals surface area contributed by atoms with Gasteiger partial charge < -0.3 is 0 Å². The minimum Gasteiger partial charge on any atom is -0.0620 e. The normalized spacial score (nSPS) is 11.5. The predicted molar refractivity (Wildman–Crippen MR) is 140 cm³/mol. The van der Waals surface area contributed by atoms with Crippen LogP contribution in [0.5, 0.6) is 0 Å². The average Bonchev–Trinajstić information content (AvgIpc) is 2.84. The predicted octanol–water partition coefficient (Wildman–Crippen LogP) is 6.63. The van der Waals surface area contributed by atoms with Crippen molar-refractivity contribution in [3.63, 3.8) is 0 Å². The summed E-state index contributed by atoms with van der Waals surface area (Å²) in [6.07, 6.45) is 1.70. The molecule has 4 aromatic carbocycles. The zero-order valence-electron chi connectivity index (χ0n) is 16.9. The molecule has 0 N–H and O–H groups in total. The molecule has 4 rings (SSSR count). The molecule has 0 heterocycles. The molecule has 0 saturated heterocycles. The van der Waals surface area contributed by atoms with Crippen LogP contribution in [0.2, 0.25) is 0 Å². The van der Waals surface area contributed by atoms with E-state index in [0.29, 0.717) is 0 Å². The summed E-state index contributed by atoms with van der Waals surface area (Å²) in [5.41, 5.74) is 0. The molecule has 0 atom stereocenters. The van der Waals surface area contributed by atoms with Crippen molar-refractivity contribution in [1.82, 2.24) is 0 Å². The van der Waals surface area contributed by atoms with Gasteiger partial charge in [-0.2, -0.15) is 0 Å². The van der Waals surface area contributed by atoms with Crippen LogP contribution in [-0.4, -0.2) is 12.3 Å². The van der Waals surface area contributed by atoms with Crippen molar-refractivity contribution >= 4 is 56.9 Å². The van der Waals surface area contributed by atoms with Gasteiger partial charge >= 0.3 is 0 Å². The van der Waals surface area contributed by atoms with Gasteiger partial charge in [-0.05, 0) is 48.5 Å². The van der Waals surface area contributed by atoms with E-state index in [1.165, 1.54) is 21.2 Å². The van der Waals surface area contributed by atoms with Gasteiger partial charge in [0.15, 0.2) is 13.2 Å². The van der Waals surface area contributed by atoms with E-state index in [1.807, 2.05) is 24.3 Å². The maximum atomic E-state index is 7.54. The van der Waals surface area contributed by atoms with Crippen LogP contribution >= 0.6 is 35.7 Å². The molecule has 159 valence electrons. The Labute approximate surface area is 206 Å². The van der Waals surface area contributed by atoms with E-state index in [0.717, 1.165) is 12.3 Å². The second-order valence-electron chi connectivity index (χ2n) is 7.22. The van der Waals surface area contributed by atoms with Gasteiger partial charge in [-0.1, -0.05) is 72.8 Å². The smallest absolute Gasteiger partial charge is 0.0620 e. The second kappa shape index (κ2) is 11.1. The fraction of sp³-hybridized carbons (Fsp3) is 0.0769. The first kappa shape index (κ1) is 24.5. The topological polar surface area (TPSA) is 0 Å². The SMILES string of the molecule is Cl[P+](CC[P+](Cl)(c1ccccc1)c1ccccc1)(c1ccccc1)c1ccccc1.[Co]. The van der Waals surface area contributed by atoms with Crippen LogP contribution in [0.15, 0.2) is 121 Å². The van der Waals surface area contributed by atoms with Crippen molar-refractivity contribution in [2.45, 2.75) is 0 Å². The summed E-state index contributed by atoms with van der Waals surface area (Å²) in [5.74, 6) is 0. The third-order valence-electron chi connectivity index (χ3n) is 5.38. The summed E-state index contributed by atoms with van der Waals surface area (Å²) in [6.45, 7) is -4.19. The van der Waals surface area contributed by atoms with Crippen LogP contribution in [0.25, 0.3) is 0 Å². The monoisotopic (exact) mass is 527 g/mol. The van der Waals surface area contributed by atoms with E-state index < -0.39 is 13.2 Å². The number of hydrogen-bond donors (Lipinski definition) is 0. The minimum atomic E-state index is -2.10. The fourth-order valence-electron chi connectivity index (χ4n) is 3.75. The Hall–Kier alpha value is -1.17. The van der Waals surface area contributed by atoms with Gasteiger partial charge in [-0.3, -0.25) is 0 Å². The Bertz CT molecular complexity index is 894. The van der Waals surface area contributed by atoms with Gasteiger partial charge in [0.05, 0.1) is 22.5 Å². The number of benzene rings is 4. The summed E-state index contributed by atoms with van der Waals surface area (Å²) in [6, 6.07) is 42.1. The molecule has 0 unspecified atom stereocenters. The molecule has 0 nitrogen and oxygen atoms in total. The molecule has 0 spiro atoms. The molecule has 5 heteroatoms. The molecule has 0 saturated carbocycles. The molecule has 0 amide bonds. The Balaban J connectivity index is 0.00000272. The zero-order valence-corrected chi connectivity index (χ0v) is 21.3. The second-order valence-corrected chi connectivity index (χ2v) is 16.5.